The van der Waals surface area contributed by atoms with Gasteiger partial charge in [-0.15, -0.1) is 11.6 Å². The van der Waals surface area contributed by atoms with E-state index in [1.807, 2.05) is 37.3 Å². The van der Waals surface area contributed by atoms with Crippen LogP contribution in [0.5, 0.6) is 0 Å². The van der Waals surface area contributed by atoms with E-state index in [1.165, 1.54) is 0 Å². The standard InChI is InChI=1S/C12H14ClNO2/c1-9(10-5-3-2-4-6-10)14-8-11(7-13)16-12(14)15/h2-6,9,11H,7-8H2,1H3/t9-,11?/m0/s1. The van der Waals surface area contributed by atoms with Gasteiger partial charge in [0, 0.05) is 0 Å². The number of halogens is 1. The van der Waals surface area contributed by atoms with Crippen LogP contribution in [-0.4, -0.2) is 29.5 Å². The van der Waals surface area contributed by atoms with Crippen LogP contribution in [0.1, 0.15) is 18.5 Å². The van der Waals surface area contributed by atoms with Crippen molar-refractivity contribution in [2.45, 2.75) is 19.1 Å². The fourth-order valence-corrected chi connectivity index (χ4v) is 2.01. The summed E-state index contributed by atoms with van der Waals surface area (Å²) in [6.45, 7) is 2.56. The van der Waals surface area contributed by atoms with Gasteiger partial charge in [-0.05, 0) is 12.5 Å². The minimum absolute atomic E-state index is 0.0296. The zero-order valence-corrected chi connectivity index (χ0v) is 9.85. The number of alkyl halides is 1. The molecule has 4 heteroatoms. The Bertz CT molecular complexity index is 369. The van der Waals surface area contributed by atoms with Gasteiger partial charge in [-0.3, -0.25) is 4.90 Å². The van der Waals surface area contributed by atoms with Crippen LogP contribution in [-0.2, 0) is 4.74 Å². The topological polar surface area (TPSA) is 29.5 Å². The Labute approximate surface area is 100.0 Å². The second-order valence-electron chi connectivity index (χ2n) is 3.90. The first-order valence-electron chi connectivity index (χ1n) is 5.30. The molecule has 0 aromatic heterocycles. The lowest BCUT2D eigenvalue weighted by molar-refractivity contribution is 0.134. The highest BCUT2D eigenvalue weighted by Gasteiger charge is 2.34. The fraction of sp³-hybridized carbons (Fsp3) is 0.417. The summed E-state index contributed by atoms with van der Waals surface area (Å²) in [5, 5.41) is 0. The molecule has 2 atom stereocenters. The summed E-state index contributed by atoms with van der Waals surface area (Å²) in [5.74, 6) is 0.351. The number of nitrogens with zero attached hydrogens (tertiary/aromatic N) is 1. The van der Waals surface area contributed by atoms with Gasteiger partial charge < -0.3 is 4.74 Å². The molecule has 0 saturated carbocycles. The minimum atomic E-state index is -0.276. The molecule has 2 rings (SSSR count). The van der Waals surface area contributed by atoms with Crippen LogP contribution < -0.4 is 0 Å². The molecule has 0 radical (unpaired) electrons. The summed E-state index contributed by atoms with van der Waals surface area (Å²) in [7, 11) is 0. The van der Waals surface area contributed by atoms with Crippen molar-refractivity contribution in [3.8, 4) is 0 Å². The Hall–Kier alpha value is -1.22. The van der Waals surface area contributed by atoms with E-state index in [0.29, 0.717) is 12.4 Å². The first-order valence-corrected chi connectivity index (χ1v) is 5.84. The Morgan fingerprint density at radius 1 is 1.50 bits per heavy atom. The SMILES string of the molecule is C[C@@H](c1ccccc1)N1CC(CCl)OC1=O. The number of amides is 1. The quantitative estimate of drug-likeness (QED) is 0.760. The number of benzene rings is 1. The Kier molecular flexibility index (Phi) is 3.34. The van der Waals surface area contributed by atoms with Crippen molar-refractivity contribution in [1.29, 1.82) is 0 Å². The Balaban J connectivity index is 2.11. The first-order chi connectivity index (χ1) is 7.72. The van der Waals surface area contributed by atoms with Crippen molar-refractivity contribution in [1.82, 2.24) is 4.90 Å². The van der Waals surface area contributed by atoms with E-state index < -0.39 is 0 Å². The molecule has 0 N–H and O–H groups in total. The van der Waals surface area contributed by atoms with Crippen LogP contribution in [0.2, 0.25) is 0 Å². The molecule has 0 aliphatic carbocycles. The summed E-state index contributed by atoms with van der Waals surface area (Å²) in [6, 6.07) is 9.93. The smallest absolute Gasteiger partial charge is 0.410 e. The predicted molar refractivity (Wildman–Crippen MR) is 62.6 cm³/mol. The van der Waals surface area contributed by atoms with Crippen molar-refractivity contribution in [3.05, 3.63) is 35.9 Å². The van der Waals surface area contributed by atoms with E-state index in [-0.39, 0.29) is 18.2 Å². The third-order valence-corrected chi connectivity index (χ3v) is 3.17. The monoisotopic (exact) mass is 239 g/mol. The van der Waals surface area contributed by atoms with E-state index >= 15 is 0 Å². The number of hydrogen-bond acceptors (Lipinski definition) is 2. The van der Waals surface area contributed by atoms with E-state index in [1.54, 1.807) is 4.90 Å². The average molecular weight is 240 g/mol. The average Bonchev–Trinajstić information content (AvgIpc) is 2.71. The van der Waals surface area contributed by atoms with Crippen molar-refractivity contribution >= 4 is 17.7 Å². The molecule has 1 aliphatic rings. The van der Waals surface area contributed by atoms with Crippen LogP contribution in [0.15, 0.2) is 30.3 Å². The van der Waals surface area contributed by atoms with Crippen molar-refractivity contribution < 1.29 is 9.53 Å². The third-order valence-electron chi connectivity index (χ3n) is 2.82. The first kappa shape index (κ1) is 11.3. The van der Waals surface area contributed by atoms with E-state index in [4.69, 9.17) is 16.3 Å². The van der Waals surface area contributed by atoms with Crippen LogP contribution in [0.3, 0.4) is 0 Å². The molecule has 16 heavy (non-hydrogen) atoms. The Morgan fingerprint density at radius 3 is 2.75 bits per heavy atom. The number of ether oxygens (including phenoxy) is 1. The largest absolute Gasteiger partial charge is 0.443 e. The van der Waals surface area contributed by atoms with Crippen LogP contribution >= 0.6 is 11.6 Å². The Morgan fingerprint density at radius 2 is 2.19 bits per heavy atom. The maximum Gasteiger partial charge on any atom is 0.410 e. The van der Waals surface area contributed by atoms with Gasteiger partial charge >= 0.3 is 6.09 Å². The lowest BCUT2D eigenvalue weighted by Gasteiger charge is -2.22. The van der Waals surface area contributed by atoms with Gasteiger partial charge in [-0.25, -0.2) is 4.79 Å². The highest BCUT2D eigenvalue weighted by Crippen LogP contribution is 2.25. The van der Waals surface area contributed by atoms with Crippen molar-refractivity contribution in [3.63, 3.8) is 0 Å². The second kappa shape index (κ2) is 4.74. The fourth-order valence-electron chi connectivity index (χ4n) is 1.85. The molecule has 1 unspecified atom stereocenters. The van der Waals surface area contributed by atoms with Gasteiger partial charge in [0.2, 0.25) is 0 Å². The van der Waals surface area contributed by atoms with Crippen LogP contribution in [0.25, 0.3) is 0 Å². The zero-order valence-electron chi connectivity index (χ0n) is 9.10. The molecule has 0 spiro atoms. The number of cyclic esters (lactones) is 1. The summed E-state index contributed by atoms with van der Waals surface area (Å²) >= 11 is 5.69. The highest BCUT2D eigenvalue weighted by atomic mass is 35.5. The minimum Gasteiger partial charge on any atom is -0.443 e. The summed E-state index contributed by atoms with van der Waals surface area (Å²) in [4.78, 5) is 13.3. The number of carbonyl (C=O) groups is 1. The van der Waals surface area contributed by atoms with Gasteiger partial charge in [-0.2, -0.15) is 0 Å². The van der Waals surface area contributed by atoms with E-state index in [2.05, 4.69) is 0 Å². The number of hydrogen-bond donors (Lipinski definition) is 0. The molecule has 1 aromatic rings. The normalized spacial score (nSPS) is 22.0. The summed E-state index contributed by atoms with van der Waals surface area (Å²) < 4.78 is 5.12. The maximum absolute atomic E-state index is 11.6. The van der Waals surface area contributed by atoms with Crippen LogP contribution in [0, 0.1) is 0 Å². The molecule has 86 valence electrons. The van der Waals surface area contributed by atoms with Gasteiger partial charge in [0.25, 0.3) is 0 Å². The molecule has 1 aromatic carbocycles. The number of rotatable bonds is 3. The van der Waals surface area contributed by atoms with Gasteiger partial charge in [-0.1, -0.05) is 30.3 Å². The molecule has 0 bridgehead atoms. The van der Waals surface area contributed by atoms with Gasteiger partial charge in [0.1, 0.15) is 6.10 Å². The molecule has 1 amide bonds. The molecule has 3 nitrogen and oxygen atoms in total. The lowest BCUT2D eigenvalue weighted by Crippen LogP contribution is -2.28. The van der Waals surface area contributed by atoms with Crippen molar-refractivity contribution in [2.24, 2.45) is 0 Å². The second-order valence-corrected chi connectivity index (χ2v) is 4.21. The molecule has 1 saturated heterocycles. The molecule has 1 aliphatic heterocycles. The van der Waals surface area contributed by atoms with Gasteiger partial charge in [0.05, 0.1) is 18.5 Å². The van der Waals surface area contributed by atoms with E-state index in [9.17, 15) is 4.79 Å². The zero-order chi connectivity index (χ0) is 11.5. The lowest BCUT2D eigenvalue weighted by atomic mass is 10.1. The third kappa shape index (κ3) is 2.14. The van der Waals surface area contributed by atoms with Gasteiger partial charge in [0.15, 0.2) is 0 Å². The highest BCUT2D eigenvalue weighted by molar-refractivity contribution is 6.18. The molecular formula is C12H14ClNO2. The molecule has 1 fully saturated rings. The summed E-state index contributed by atoms with van der Waals surface area (Å²) in [6.07, 6.45) is -0.456. The maximum atomic E-state index is 11.6. The number of carbonyl (C=O) groups excluding carboxylic acids is 1. The molecular weight excluding hydrogens is 226 g/mol. The summed E-state index contributed by atoms with van der Waals surface area (Å²) in [5.41, 5.74) is 1.11. The van der Waals surface area contributed by atoms with Crippen LogP contribution in [0.4, 0.5) is 4.79 Å². The van der Waals surface area contributed by atoms with E-state index in [0.717, 1.165) is 5.56 Å². The van der Waals surface area contributed by atoms with Crippen molar-refractivity contribution in [2.75, 3.05) is 12.4 Å². The molecule has 1 heterocycles. The predicted octanol–water partition coefficient (Wildman–Crippen LogP) is 2.81.